The van der Waals surface area contributed by atoms with Crippen LogP contribution >= 0.6 is 0 Å². The molecule has 1 aromatic rings. The fourth-order valence-electron chi connectivity index (χ4n) is 2.39. The van der Waals surface area contributed by atoms with Gasteiger partial charge in [-0.1, -0.05) is 0 Å². The van der Waals surface area contributed by atoms with Crippen LogP contribution in [0.2, 0.25) is 0 Å². The molecular weight excluding hydrogens is 252 g/mol. The summed E-state index contributed by atoms with van der Waals surface area (Å²) >= 11 is 0. The van der Waals surface area contributed by atoms with Gasteiger partial charge in [-0.25, -0.2) is 4.98 Å². The lowest BCUT2D eigenvalue weighted by atomic mass is 10.0. The lowest BCUT2D eigenvalue weighted by Crippen LogP contribution is -2.16. The van der Waals surface area contributed by atoms with E-state index < -0.39 is 0 Å². The van der Waals surface area contributed by atoms with Crippen LogP contribution in [-0.2, 0) is 4.74 Å². The van der Waals surface area contributed by atoms with Crippen molar-refractivity contribution in [1.29, 1.82) is 0 Å². The molecule has 0 amide bonds. The zero-order chi connectivity index (χ0) is 14.5. The molecule has 1 aliphatic rings. The molecule has 2 heterocycles. The Morgan fingerprint density at radius 1 is 1.30 bits per heavy atom. The number of aryl methyl sites for hydroxylation is 1. The molecule has 0 spiro atoms. The molecule has 1 atom stereocenters. The van der Waals surface area contributed by atoms with Gasteiger partial charge < -0.3 is 15.0 Å². The van der Waals surface area contributed by atoms with Gasteiger partial charge in [-0.15, -0.1) is 0 Å². The monoisotopic (exact) mass is 278 g/mol. The molecule has 1 N–H and O–H groups in total. The summed E-state index contributed by atoms with van der Waals surface area (Å²) in [6, 6.07) is 0. The zero-order valence-electron chi connectivity index (χ0n) is 13.1. The molecule has 0 radical (unpaired) electrons. The molecule has 1 fully saturated rings. The van der Waals surface area contributed by atoms with E-state index in [1.54, 1.807) is 0 Å². The largest absolute Gasteiger partial charge is 0.381 e. The summed E-state index contributed by atoms with van der Waals surface area (Å²) in [5.41, 5.74) is 2.18. The molecule has 0 saturated carbocycles. The highest BCUT2D eigenvalue weighted by atomic mass is 16.5. The van der Waals surface area contributed by atoms with Crippen LogP contribution in [0.1, 0.15) is 30.5 Å². The van der Waals surface area contributed by atoms with E-state index in [0.29, 0.717) is 0 Å². The average Bonchev–Trinajstić information content (AvgIpc) is 2.92. The van der Waals surface area contributed by atoms with Crippen molar-refractivity contribution in [3.63, 3.8) is 0 Å². The summed E-state index contributed by atoms with van der Waals surface area (Å²) in [6.45, 7) is 6.94. The summed E-state index contributed by atoms with van der Waals surface area (Å²) < 4.78 is 5.40. The Bertz CT molecular complexity index is 442. The van der Waals surface area contributed by atoms with Crippen LogP contribution in [0.3, 0.4) is 0 Å². The van der Waals surface area contributed by atoms with Crippen LogP contribution in [0, 0.1) is 19.8 Å². The first-order valence-corrected chi connectivity index (χ1v) is 7.42. The van der Waals surface area contributed by atoms with Gasteiger partial charge in [0.25, 0.3) is 0 Å². The first-order chi connectivity index (χ1) is 9.58. The standard InChI is InChI=1S/C15H26N4O/c1-11-12(2)17-15(19(3)4)18-14(11)16-8-5-6-13-7-9-20-10-13/h13H,5-10H2,1-4H3,(H,16,17,18). The molecule has 20 heavy (non-hydrogen) atoms. The second kappa shape index (κ2) is 6.88. The van der Waals surface area contributed by atoms with E-state index in [-0.39, 0.29) is 0 Å². The molecule has 1 saturated heterocycles. The number of hydrogen-bond donors (Lipinski definition) is 1. The number of nitrogens with one attached hydrogen (secondary N) is 1. The predicted molar refractivity (Wildman–Crippen MR) is 82.5 cm³/mol. The van der Waals surface area contributed by atoms with Crippen LogP contribution < -0.4 is 10.2 Å². The normalized spacial score (nSPS) is 18.3. The molecule has 0 aromatic carbocycles. The number of nitrogens with zero attached hydrogens (tertiary/aromatic N) is 3. The highest BCUT2D eigenvalue weighted by Crippen LogP contribution is 2.20. The topological polar surface area (TPSA) is 50.3 Å². The van der Waals surface area contributed by atoms with Gasteiger partial charge in [0, 0.05) is 45.1 Å². The van der Waals surface area contributed by atoms with E-state index >= 15 is 0 Å². The maximum Gasteiger partial charge on any atom is 0.227 e. The van der Waals surface area contributed by atoms with Crippen molar-refractivity contribution < 1.29 is 4.74 Å². The minimum Gasteiger partial charge on any atom is -0.381 e. The number of aromatic nitrogens is 2. The molecule has 0 aliphatic carbocycles. The second-order valence-corrected chi connectivity index (χ2v) is 5.78. The maximum absolute atomic E-state index is 5.40. The van der Waals surface area contributed by atoms with Crippen molar-refractivity contribution in [2.45, 2.75) is 33.1 Å². The van der Waals surface area contributed by atoms with Gasteiger partial charge in [0.15, 0.2) is 0 Å². The Balaban J connectivity index is 1.87. The number of hydrogen-bond acceptors (Lipinski definition) is 5. The highest BCUT2D eigenvalue weighted by Gasteiger charge is 2.15. The fraction of sp³-hybridized carbons (Fsp3) is 0.733. The van der Waals surface area contributed by atoms with Crippen molar-refractivity contribution in [3.8, 4) is 0 Å². The summed E-state index contributed by atoms with van der Waals surface area (Å²) in [5, 5.41) is 3.45. The third-order valence-corrected chi connectivity index (χ3v) is 3.88. The Morgan fingerprint density at radius 3 is 2.75 bits per heavy atom. The Hall–Kier alpha value is -1.36. The highest BCUT2D eigenvalue weighted by molar-refractivity contribution is 5.49. The third-order valence-electron chi connectivity index (χ3n) is 3.88. The van der Waals surface area contributed by atoms with Crippen molar-refractivity contribution in [2.24, 2.45) is 5.92 Å². The summed E-state index contributed by atoms with van der Waals surface area (Å²) in [6.07, 6.45) is 3.61. The van der Waals surface area contributed by atoms with Gasteiger partial charge in [-0.2, -0.15) is 4.98 Å². The molecule has 1 aromatic heterocycles. The van der Waals surface area contributed by atoms with Crippen molar-refractivity contribution in [1.82, 2.24) is 9.97 Å². The smallest absolute Gasteiger partial charge is 0.227 e. The minimum atomic E-state index is 0.752. The second-order valence-electron chi connectivity index (χ2n) is 5.78. The Kier molecular flexibility index (Phi) is 5.17. The van der Waals surface area contributed by atoms with Crippen molar-refractivity contribution >= 4 is 11.8 Å². The van der Waals surface area contributed by atoms with Gasteiger partial charge >= 0.3 is 0 Å². The number of anilines is 2. The molecular formula is C15H26N4O. The van der Waals surface area contributed by atoms with Gasteiger partial charge in [0.05, 0.1) is 0 Å². The Labute approximate surface area is 121 Å². The van der Waals surface area contributed by atoms with E-state index in [2.05, 4.69) is 22.2 Å². The van der Waals surface area contributed by atoms with Gasteiger partial charge in [0.1, 0.15) is 5.82 Å². The predicted octanol–water partition coefficient (Wildman–Crippen LogP) is 2.39. The molecule has 5 heteroatoms. The fourth-order valence-corrected chi connectivity index (χ4v) is 2.39. The third kappa shape index (κ3) is 3.82. The molecule has 5 nitrogen and oxygen atoms in total. The van der Waals surface area contributed by atoms with Crippen LogP contribution in [0.25, 0.3) is 0 Å². The quantitative estimate of drug-likeness (QED) is 0.810. The number of ether oxygens (including phenoxy) is 1. The van der Waals surface area contributed by atoms with Crippen LogP contribution in [0.5, 0.6) is 0 Å². The van der Waals surface area contributed by atoms with E-state index in [9.17, 15) is 0 Å². The van der Waals surface area contributed by atoms with Crippen molar-refractivity contribution in [2.75, 3.05) is 44.1 Å². The van der Waals surface area contributed by atoms with Gasteiger partial charge in [0.2, 0.25) is 5.95 Å². The molecule has 1 aliphatic heterocycles. The van der Waals surface area contributed by atoms with Gasteiger partial charge in [-0.3, -0.25) is 0 Å². The molecule has 1 unspecified atom stereocenters. The van der Waals surface area contributed by atoms with E-state index in [1.165, 1.54) is 12.8 Å². The first-order valence-electron chi connectivity index (χ1n) is 7.42. The average molecular weight is 278 g/mol. The van der Waals surface area contributed by atoms with E-state index in [4.69, 9.17) is 4.74 Å². The van der Waals surface area contributed by atoms with Crippen molar-refractivity contribution in [3.05, 3.63) is 11.3 Å². The van der Waals surface area contributed by atoms with Gasteiger partial charge in [-0.05, 0) is 39.0 Å². The van der Waals surface area contributed by atoms with Crippen LogP contribution in [-0.4, -0.2) is 43.8 Å². The van der Waals surface area contributed by atoms with E-state index in [0.717, 1.165) is 55.1 Å². The van der Waals surface area contributed by atoms with E-state index in [1.807, 2.05) is 25.9 Å². The molecule has 0 bridgehead atoms. The molecule has 112 valence electrons. The first kappa shape index (κ1) is 15.0. The molecule has 2 rings (SSSR count). The van der Waals surface area contributed by atoms with Crippen LogP contribution in [0.15, 0.2) is 0 Å². The summed E-state index contributed by atoms with van der Waals surface area (Å²) in [5.74, 6) is 2.48. The number of rotatable bonds is 6. The maximum atomic E-state index is 5.40. The lowest BCUT2D eigenvalue weighted by Gasteiger charge is -2.16. The lowest BCUT2D eigenvalue weighted by molar-refractivity contribution is 0.184. The Morgan fingerprint density at radius 2 is 2.10 bits per heavy atom. The zero-order valence-corrected chi connectivity index (χ0v) is 13.1. The SMILES string of the molecule is Cc1nc(N(C)C)nc(NCCCC2CCOC2)c1C. The van der Waals surface area contributed by atoms with Crippen LogP contribution in [0.4, 0.5) is 11.8 Å². The minimum absolute atomic E-state index is 0.752. The summed E-state index contributed by atoms with van der Waals surface area (Å²) in [7, 11) is 3.93. The summed E-state index contributed by atoms with van der Waals surface area (Å²) in [4.78, 5) is 11.0.